The van der Waals surface area contributed by atoms with Crippen LogP contribution >= 0.6 is 11.8 Å². The first-order chi connectivity index (χ1) is 9.24. The van der Waals surface area contributed by atoms with Crippen LogP contribution in [0.25, 0.3) is 0 Å². The van der Waals surface area contributed by atoms with Crippen molar-refractivity contribution in [2.45, 2.75) is 31.7 Å². The molecule has 0 N–H and O–H groups in total. The number of aromatic nitrogens is 3. The van der Waals surface area contributed by atoms with Gasteiger partial charge in [0, 0.05) is 17.0 Å². The molecule has 1 aromatic carbocycles. The Kier molecular flexibility index (Phi) is 4.74. The quantitative estimate of drug-likeness (QED) is 0.601. The molecule has 0 spiro atoms. The van der Waals surface area contributed by atoms with Crippen molar-refractivity contribution in [1.82, 2.24) is 14.8 Å². The molecule has 0 aliphatic rings. The SMILES string of the molecule is CCSc1ccc(C(=O)Cc2ncnn2CC)cc1. The minimum Gasteiger partial charge on any atom is -0.294 e. The van der Waals surface area contributed by atoms with Gasteiger partial charge in [0.25, 0.3) is 0 Å². The Morgan fingerprint density at radius 1 is 1.26 bits per heavy atom. The van der Waals surface area contributed by atoms with Crippen LogP contribution in [-0.2, 0) is 13.0 Å². The van der Waals surface area contributed by atoms with Gasteiger partial charge >= 0.3 is 0 Å². The van der Waals surface area contributed by atoms with Gasteiger partial charge in [0.1, 0.15) is 12.2 Å². The largest absolute Gasteiger partial charge is 0.294 e. The number of aryl methyl sites for hydroxylation is 1. The second kappa shape index (κ2) is 6.52. The molecule has 0 amide bonds. The minimum absolute atomic E-state index is 0.0794. The molecule has 0 radical (unpaired) electrons. The number of carbonyl (C=O) groups excluding carboxylic acids is 1. The molecule has 1 heterocycles. The molecule has 0 unspecified atom stereocenters. The van der Waals surface area contributed by atoms with Crippen LogP contribution in [0.15, 0.2) is 35.5 Å². The Labute approximate surface area is 117 Å². The molecule has 0 aliphatic heterocycles. The normalized spacial score (nSPS) is 10.6. The van der Waals surface area contributed by atoms with Gasteiger partial charge < -0.3 is 0 Å². The van der Waals surface area contributed by atoms with Crippen molar-refractivity contribution in [2.24, 2.45) is 0 Å². The molecule has 100 valence electrons. The predicted octanol–water partition coefficient (Wildman–Crippen LogP) is 2.84. The van der Waals surface area contributed by atoms with Crippen molar-refractivity contribution < 1.29 is 4.79 Å². The van der Waals surface area contributed by atoms with Crippen molar-refractivity contribution in [1.29, 1.82) is 0 Å². The van der Waals surface area contributed by atoms with Crippen LogP contribution < -0.4 is 0 Å². The third-order valence-corrected chi connectivity index (χ3v) is 3.70. The van der Waals surface area contributed by atoms with Gasteiger partial charge in [0.2, 0.25) is 0 Å². The van der Waals surface area contributed by atoms with Gasteiger partial charge in [0.15, 0.2) is 5.78 Å². The molecular formula is C14H17N3OS. The van der Waals surface area contributed by atoms with Gasteiger partial charge in [-0.05, 0) is 24.8 Å². The summed E-state index contributed by atoms with van der Waals surface area (Å²) in [7, 11) is 0. The number of carbonyl (C=O) groups is 1. The molecular weight excluding hydrogens is 258 g/mol. The fourth-order valence-corrected chi connectivity index (χ4v) is 2.50. The number of hydrogen-bond acceptors (Lipinski definition) is 4. The Bertz CT molecular complexity index is 548. The summed E-state index contributed by atoms with van der Waals surface area (Å²) in [5, 5.41) is 4.07. The standard InChI is InChI=1S/C14H17N3OS/c1-3-17-14(15-10-16-17)9-13(18)11-5-7-12(8-6-11)19-4-2/h5-8,10H,3-4,9H2,1-2H3. The number of thioether (sulfide) groups is 1. The average molecular weight is 275 g/mol. The summed E-state index contributed by atoms with van der Waals surface area (Å²) >= 11 is 1.77. The average Bonchev–Trinajstić information content (AvgIpc) is 2.87. The van der Waals surface area contributed by atoms with Gasteiger partial charge in [-0.25, -0.2) is 9.67 Å². The summed E-state index contributed by atoms with van der Waals surface area (Å²) < 4.78 is 1.75. The van der Waals surface area contributed by atoms with Gasteiger partial charge in [0.05, 0.1) is 6.42 Å². The number of benzene rings is 1. The van der Waals surface area contributed by atoms with E-state index in [9.17, 15) is 4.79 Å². The predicted molar refractivity (Wildman–Crippen MR) is 76.6 cm³/mol. The highest BCUT2D eigenvalue weighted by Crippen LogP contribution is 2.18. The lowest BCUT2D eigenvalue weighted by atomic mass is 10.1. The van der Waals surface area contributed by atoms with Crippen molar-refractivity contribution in [2.75, 3.05) is 5.75 Å². The first kappa shape index (κ1) is 13.8. The van der Waals surface area contributed by atoms with Crippen LogP contribution in [0.2, 0.25) is 0 Å². The van der Waals surface area contributed by atoms with E-state index in [4.69, 9.17) is 0 Å². The van der Waals surface area contributed by atoms with E-state index in [2.05, 4.69) is 17.0 Å². The van der Waals surface area contributed by atoms with Crippen LogP contribution in [-0.4, -0.2) is 26.3 Å². The van der Waals surface area contributed by atoms with E-state index in [-0.39, 0.29) is 5.78 Å². The molecule has 2 rings (SSSR count). The van der Waals surface area contributed by atoms with E-state index in [1.165, 1.54) is 11.2 Å². The molecule has 0 aliphatic carbocycles. The lowest BCUT2D eigenvalue weighted by Crippen LogP contribution is -2.10. The molecule has 0 fully saturated rings. The maximum absolute atomic E-state index is 12.2. The third kappa shape index (κ3) is 3.44. The van der Waals surface area contributed by atoms with Crippen LogP contribution in [0.4, 0.5) is 0 Å². The number of rotatable bonds is 6. The number of hydrogen-bond donors (Lipinski definition) is 0. The van der Waals surface area contributed by atoms with Crippen molar-refractivity contribution in [3.05, 3.63) is 42.0 Å². The monoisotopic (exact) mass is 275 g/mol. The number of nitrogens with zero attached hydrogens (tertiary/aromatic N) is 3. The fraction of sp³-hybridized carbons (Fsp3) is 0.357. The highest BCUT2D eigenvalue weighted by atomic mass is 32.2. The molecule has 19 heavy (non-hydrogen) atoms. The van der Waals surface area contributed by atoms with Crippen molar-refractivity contribution in [3.8, 4) is 0 Å². The molecule has 0 bridgehead atoms. The van der Waals surface area contributed by atoms with Gasteiger partial charge in [-0.2, -0.15) is 5.10 Å². The summed E-state index contributed by atoms with van der Waals surface area (Å²) in [5.74, 6) is 1.84. The van der Waals surface area contributed by atoms with Crippen molar-refractivity contribution >= 4 is 17.5 Å². The third-order valence-electron chi connectivity index (χ3n) is 2.80. The lowest BCUT2D eigenvalue weighted by molar-refractivity contribution is 0.0989. The summed E-state index contributed by atoms with van der Waals surface area (Å²) in [4.78, 5) is 17.5. The van der Waals surface area contributed by atoms with E-state index >= 15 is 0 Å². The second-order valence-corrected chi connectivity index (χ2v) is 5.39. The first-order valence-corrected chi connectivity index (χ1v) is 7.36. The molecule has 5 heteroatoms. The molecule has 4 nitrogen and oxygen atoms in total. The van der Waals surface area contributed by atoms with Gasteiger partial charge in [-0.3, -0.25) is 4.79 Å². The minimum atomic E-state index is 0.0794. The smallest absolute Gasteiger partial charge is 0.170 e. The summed E-state index contributed by atoms with van der Waals surface area (Å²) in [6.45, 7) is 4.83. The maximum atomic E-state index is 12.2. The Balaban J connectivity index is 2.07. The van der Waals surface area contributed by atoms with Gasteiger partial charge in [-0.1, -0.05) is 19.1 Å². The van der Waals surface area contributed by atoms with E-state index in [0.29, 0.717) is 6.42 Å². The highest BCUT2D eigenvalue weighted by molar-refractivity contribution is 7.99. The Morgan fingerprint density at radius 2 is 2.00 bits per heavy atom. The lowest BCUT2D eigenvalue weighted by Gasteiger charge is -2.04. The zero-order valence-electron chi connectivity index (χ0n) is 11.2. The molecule has 1 aromatic heterocycles. The van der Waals surface area contributed by atoms with E-state index in [0.717, 1.165) is 23.7 Å². The van der Waals surface area contributed by atoms with Crippen LogP contribution in [0, 0.1) is 0 Å². The number of Topliss-reactive ketones (excluding diaryl/α,β-unsaturated/α-hetero) is 1. The maximum Gasteiger partial charge on any atom is 0.170 e. The Morgan fingerprint density at radius 3 is 2.63 bits per heavy atom. The topological polar surface area (TPSA) is 47.8 Å². The number of ketones is 1. The Hall–Kier alpha value is -1.62. The summed E-state index contributed by atoms with van der Waals surface area (Å²) in [5.41, 5.74) is 0.728. The molecule has 0 atom stereocenters. The van der Waals surface area contributed by atoms with E-state index in [1.807, 2.05) is 31.2 Å². The van der Waals surface area contributed by atoms with Crippen molar-refractivity contribution in [3.63, 3.8) is 0 Å². The van der Waals surface area contributed by atoms with Crippen LogP contribution in [0.5, 0.6) is 0 Å². The highest BCUT2D eigenvalue weighted by Gasteiger charge is 2.11. The first-order valence-electron chi connectivity index (χ1n) is 6.37. The fourth-order valence-electron chi connectivity index (χ4n) is 1.84. The zero-order valence-corrected chi connectivity index (χ0v) is 12.0. The van der Waals surface area contributed by atoms with E-state index < -0.39 is 0 Å². The van der Waals surface area contributed by atoms with E-state index in [1.54, 1.807) is 16.4 Å². The van der Waals surface area contributed by atoms with Crippen LogP contribution in [0.1, 0.15) is 30.0 Å². The molecule has 0 saturated heterocycles. The second-order valence-electron chi connectivity index (χ2n) is 4.05. The molecule has 2 aromatic rings. The van der Waals surface area contributed by atoms with Gasteiger partial charge in [-0.15, -0.1) is 11.8 Å². The zero-order chi connectivity index (χ0) is 13.7. The summed E-state index contributed by atoms with van der Waals surface area (Å²) in [6.07, 6.45) is 1.79. The molecule has 0 saturated carbocycles. The van der Waals surface area contributed by atoms with Crippen LogP contribution in [0.3, 0.4) is 0 Å². The summed E-state index contributed by atoms with van der Waals surface area (Å²) in [6, 6.07) is 7.75.